The molecule has 3 aromatic carbocycles. The Bertz CT molecular complexity index is 1380. The summed E-state index contributed by atoms with van der Waals surface area (Å²) in [6.45, 7) is 6.18. The largest absolute Gasteiger partial charge is 0.492 e. The van der Waals surface area contributed by atoms with Gasteiger partial charge in [0.2, 0.25) is 0 Å². The molecule has 192 valence electrons. The van der Waals surface area contributed by atoms with E-state index in [1.54, 1.807) is 24.3 Å². The number of rotatable bonds is 9. The van der Waals surface area contributed by atoms with E-state index in [4.69, 9.17) is 16.3 Å². The molecule has 1 aromatic heterocycles. The van der Waals surface area contributed by atoms with Crippen molar-refractivity contribution in [2.24, 2.45) is 0 Å². The summed E-state index contributed by atoms with van der Waals surface area (Å²) in [4.78, 5) is 12.9. The van der Waals surface area contributed by atoms with Crippen molar-refractivity contribution in [2.45, 2.75) is 37.7 Å². The fourth-order valence-corrected chi connectivity index (χ4v) is 4.78. The molecule has 0 bridgehead atoms. The molecule has 10 heteroatoms. The highest BCUT2D eigenvalue weighted by molar-refractivity contribution is 7.98. The van der Waals surface area contributed by atoms with Gasteiger partial charge in [-0.3, -0.25) is 4.57 Å². The van der Waals surface area contributed by atoms with E-state index in [-0.39, 0.29) is 5.82 Å². The van der Waals surface area contributed by atoms with Gasteiger partial charge in [0.05, 0.1) is 24.0 Å². The first kappa shape index (κ1) is 26.5. The van der Waals surface area contributed by atoms with Gasteiger partial charge in [-0.25, -0.2) is 9.18 Å². The SMILES string of the molecule is CCOc1ccccc1NC(=O)NC(C)c1nnc(SCc2ccc(F)cc2)n1-c1cc(Cl)ccc1C. The van der Waals surface area contributed by atoms with E-state index in [9.17, 15) is 9.18 Å². The van der Waals surface area contributed by atoms with Crippen molar-refractivity contribution in [1.29, 1.82) is 0 Å². The van der Waals surface area contributed by atoms with Gasteiger partial charge in [-0.2, -0.15) is 0 Å². The summed E-state index contributed by atoms with van der Waals surface area (Å²) in [6.07, 6.45) is 0. The zero-order valence-corrected chi connectivity index (χ0v) is 22.2. The van der Waals surface area contributed by atoms with Crippen LogP contribution < -0.4 is 15.4 Å². The lowest BCUT2D eigenvalue weighted by molar-refractivity contribution is 0.248. The molecule has 0 saturated carbocycles. The molecule has 2 N–H and O–H groups in total. The number of halogens is 2. The molecule has 0 aliphatic carbocycles. The Morgan fingerprint density at radius 3 is 2.65 bits per heavy atom. The lowest BCUT2D eigenvalue weighted by Crippen LogP contribution is -2.32. The van der Waals surface area contributed by atoms with Crippen LogP contribution in [0.25, 0.3) is 5.69 Å². The standard InChI is InChI=1S/C27H27ClFN5O2S/c1-4-36-24-8-6-5-7-22(24)31-26(35)30-18(3)25-32-33-27(37-16-19-10-13-21(29)14-11-19)34(25)23-15-20(28)12-9-17(23)2/h5-15,18H,4,16H2,1-3H3,(H2,30,31,35). The van der Waals surface area contributed by atoms with Gasteiger partial charge in [-0.05, 0) is 68.3 Å². The lowest BCUT2D eigenvalue weighted by Gasteiger charge is -2.19. The average Bonchev–Trinajstić information content (AvgIpc) is 3.30. The normalized spacial score (nSPS) is 11.7. The molecule has 0 fully saturated rings. The second-order valence-corrected chi connectivity index (χ2v) is 9.65. The summed E-state index contributed by atoms with van der Waals surface area (Å²) in [5.74, 6) is 1.41. The molecular weight excluding hydrogens is 513 g/mol. The quantitative estimate of drug-likeness (QED) is 0.225. The fourth-order valence-electron chi connectivity index (χ4n) is 3.70. The highest BCUT2D eigenvalue weighted by Gasteiger charge is 2.23. The molecular formula is C27H27ClFN5O2S. The number of carbonyl (C=O) groups excluding carboxylic acids is 1. The molecule has 0 aliphatic rings. The van der Waals surface area contributed by atoms with Crippen molar-refractivity contribution >= 4 is 35.1 Å². The van der Waals surface area contributed by atoms with Crippen molar-refractivity contribution in [3.05, 3.63) is 94.5 Å². The van der Waals surface area contributed by atoms with E-state index in [1.807, 2.05) is 55.7 Å². The smallest absolute Gasteiger partial charge is 0.319 e. The first-order valence-electron chi connectivity index (χ1n) is 11.7. The van der Waals surface area contributed by atoms with Crippen LogP contribution >= 0.6 is 23.4 Å². The predicted molar refractivity (Wildman–Crippen MR) is 145 cm³/mol. The Hall–Kier alpha value is -3.56. The maximum absolute atomic E-state index is 13.3. The number of urea groups is 1. The number of aromatic nitrogens is 3. The van der Waals surface area contributed by atoms with Crippen LogP contribution in [0.5, 0.6) is 5.75 Å². The third kappa shape index (κ3) is 6.61. The highest BCUT2D eigenvalue weighted by atomic mass is 35.5. The molecule has 1 unspecified atom stereocenters. The minimum Gasteiger partial charge on any atom is -0.492 e. The molecule has 0 spiro atoms. The van der Waals surface area contributed by atoms with Crippen LogP contribution in [0.1, 0.15) is 36.8 Å². The number of aryl methyl sites for hydroxylation is 1. The average molecular weight is 540 g/mol. The number of hydrogen-bond donors (Lipinski definition) is 2. The fraction of sp³-hybridized carbons (Fsp3) is 0.222. The van der Waals surface area contributed by atoms with Crippen LogP contribution in [0.15, 0.2) is 71.9 Å². The Morgan fingerprint density at radius 2 is 1.89 bits per heavy atom. The summed E-state index contributed by atoms with van der Waals surface area (Å²) in [5, 5.41) is 15.8. The molecule has 2 amide bonds. The number of benzene rings is 3. The third-order valence-electron chi connectivity index (χ3n) is 5.52. The van der Waals surface area contributed by atoms with Gasteiger partial charge in [0, 0.05) is 10.8 Å². The van der Waals surface area contributed by atoms with E-state index in [0.29, 0.717) is 39.8 Å². The van der Waals surface area contributed by atoms with Crippen molar-refractivity contribution in [3.8, 4) is 11.4 Å². The summed E-state index contributed by atoms with van der Waals surface area (Å²) in [5.41, 5.74) is 3.29. The van der Waals surface area contributed by atoms with E-state index >= 15 is 0 Å². The molecule has 4 aromatic rings. The van der Waals surface area contributed by atoms with Crippen molar-refractivity contribution < 1.29 is 13.9 Å². The van der Waals surface area contributed by atoms with Crippen LogP contribution in [0.4, 0.5) is 14.9 Å². The van der Waals surface area contributed by atoms with Gasteiger partial charge in [0.15, 0.2) is 11.0 Å². The maximum Gasteiger partial charge on any atom is 0.319 e. The minimum absolute atomic E-state index is 0.282. The Kier molecular flexibility index (Phi) is 8.68. The molecule has 1 heterocycles. The first-order valence-corrected chi connectivity index (χ1v) is 13.1. The molecule has 0 aliphatic heterocycles. The minimum atomic E-state index is -0.495. The number of hydrogen-bond acceptors (Lipinski definition) is 5. The summed E-state index contributed by atoms with van der Waals surface area (Å²) in [6, 6.07) is 18.3. The van der Waals surface area contributed by atoms with E-state index in [0.717, 1.165) is 16.8 Å². The topological polar surface area (TPSA) is 81.1 Å². The van der Waals surface area contributed by atoms with Crippen molar-refractivity contribution in [3.63, 3.8) is 0 Å². The zero-order chi connectivity index (χ0) is 26.4. The number of nitrogens with one attached hydrogen (secondary N) is 2. The second-order valence-electron chi connectivity index (χ2n) is 8.27. The van der Waals surface area contributed by atoms with Gasteiger partial charge in [-0.15, -0.1) is 10.2 Å². The first-order chi connectivity index (χ1) is 17.9. The molecule has 1 atom stereocenters. The number of carbonyl (C=O) groups is 1. The van der Waals surface area contributed by atoms with Gasteiger partial charge >= 0.3 is 6.03 Å². The van der Waals surface area contributed by atoms with E-state index in [1.165, 1.54) is 23.9 Å². The van der Waals surface area contributed by atoms with Gasteiger partial charge in [-0.1, -0.05) is 53.7 Å². The Morgan fingerprint density at radius 1 is 1.14 bits per heavy atom. The highest BCUT2D eigenvalue weighted by Crippen LogP contribution is 2.31. The maximum atomic E-state index is 13.3. The monoisotopic (exact) mass is 539 g/mol. The summed E-state index contributed by atoms with van der Waals surface area (Å²) >= 11 is 7.79. The summed E-state index contributed by atoms with van der Waals surface area (Å²) in [7, 11) is 0. The van der Waals surface area contributed by atoms with Crippen molar-refractivity contribution in [1.82, 2.24) is 20.1 Å². The predicted octanol–water partition coefficient (Wildman–Crippen LogP) is 6.94. The number of ether oxygens (including phenoxy) is 1. The lowest BCUT2D eigenvalue weighted by atomic mass is 10.2. The van der Waals surface area contributed by atoms with E-state index in [2.05, 4.69) is 20.8 Å². The van der Waals surface area contributed by atoms with Crippen LogP contribution in [0.3, 0.4) is 0 Å². The second kappa shape index (κ2) is 12.1. The Labute approximate surface area is 224 Å². The number of nitrogens with zero attached hydrogens (tertiary/aromatic N) is 3. The van der Waals surface area contributed by atoms with Crippen LogP contribution in [-0.2, 0) is 5.75 Å². The number of amides is 2. The summed E-state index contributed by atoms with van der Waals surface area (Å²) < 4.78 is 20.8. The van der Waals surface area contributed by atoms with Crippen LogP contribution in [0, 0.1) is 12.7 Å². The van der Waals surface area contributed by atoms with Gasteiger partial charge < -0.3 is 15.4 Å². The van der Waals surface area contributed by atoms with Crippen LogP contribution in [0.2, 0.25) is 5.02 Å². The van der Waals surface area contributed by atoms with Crippen molar-refractivity contribution in [2.75, 3.05) is 11.9 Å². The van der Waals surface area contributed by atoms with Crippen LogP contribution in [-0.4, -0.2) is 27.4 Å². The zero-order valence-electron chi connectivity index (χ0n) is 20.7. The van der Waals surface area contributed by atoms with Gasteiger partial charge in [0.1, 0.15) is 11.6 Å². The third-order valence-corrected chi connectivity index (χ3v) is 6.76. The molecule has 7 nitrogen and oxygen atoms in total. The van der Waals surface area contributed by atoms with Gasteiger partial charge in [0.25, 0.3) is 0 Å². The Balaban J connectivity index is 1.59. The molecule has 4 rings (SSSR count). The number of thioether (sulfide) groups is 1. The number of anilines is 1. The molecule has 37 heavy (non-hydrogen) atoms. The molecule has 0 radical (unpaired) electrons. The molecule has 0 saturated heterocycles. The number of para-hydroxylation sites is 2. The van der Waals surface area contributed by atoms with E-state index < -0.39 is 12.1 Å².